The Labute approximate surface area is 340 Å². The molecule has 276 valence electrons. The lowest BCUT2D eigenvalue weighted by molar-refractivity contribution is 0.846. The zero-order valence-corrected chi connectivity index (χ0v) is 32.0. The van der Waals surface area contributed by atoms with E-state index < -0.39 is 0 Å². The van der Waals surface area contributed by atoms with Crippen LogP contribution in [0.25, 0.3) is 72.7 Å². The van der Waals surface area contributed by atoms with Crippen molar-refractivity contribution in [2.24, 2.45) is 0 Å². The van der Waals surface area contributed by atoms with Gasteiger partial charge < -0.3 is 9.80 Å². The van der Waals surface area contributed by atoms with Gasteiger partial charge in [0.25, 0.3) is 0 Å². The summed E-state index contributed by atoms with van der Waals surface area (Å²) in [5, 5.41) is 6.21. The van der Waals surface area contributed by atoms with Gasteiger partial charge in [-0.15, -0.1) is 0 Å². The van der Waals surface area contributed by atoms with Crippen LogP contribution in [0.4, 0.5) is 28.4 Å². The summed E-state index contributed by atoms with van der Waals surface area (Å²) in [6.07, 6.45) is 3.40. The van der Waals surface area contributed by atoms with Crippen LogP contribution in [0.5, 0.6) is 0 Å². The second-order valence-corrected chi connectivity index (χ2v) is 15.7. The van der Waals surface area contributed by atoms with Gasteiger partial charge in [0.15, 0.2) is 0 Å². The van der Waals surface area contributed by atoms with Gasteiger partial charge in [-0.1, -0.05) is 121 Å². The molecule has 0 radical (unpaired) electrons. The van der Waals surface area contributed by atoms with Gasteiger partial charge in [-0.05, 0) is 106 Å². The van der Waals surface area contributed by atoms with Gasteiger partial charge >= 0.3 is 0 Å². The topological polar surface area (TPSA) is 37.2 Å². The molecule has 1 aliphatic heterocycles. The highest BCUT2D eigenvalue weighted by Gasteiger charge is 2.40. The summed E-state index contributed by atoms with van der Waals surface area (Å²) >= 11 is 0. The third-order valence-electron chi connectivity index (χ3n) is 12.6. The predicted octanol–water partition coefficient (Wildman–Crippen LogP) is 11.7. The Hall–Kier alpha value is -7.76. The van der Waals surface area contributed by atoms with Gasteiger partial charge in [0, 0.05) is 55.7 Å². The molecule has 0 saturated carbocycles. The SMILES string of the molecule is C1=c2ccc3c4c2=C2c5c(cccc5N(c5ccccc5)C2C1)-c1cccc(c14)n3-c1nc(-c2ccc(N(c3ccccc3)c3ccccc3)cc2)c2ccccc2n1. The van der Waals surface area contributed by atoms with Crippen LogP contribution in [-0.2, 0) is 0 Å². The molecular formula is C54H35N5. The molecule has 10 aromatic rings. The van der Waals surface area contributed by atoms with E-state index >= 15 is 0 Å². The Morgan fingerprint density at radius 2 is 1.19 bits per heavy atom. The molecule has 2 aliphatic carbocycles. The Balaban J connectivity index is 1.04. The second-order valence-electron chi connectivity index (χ2n) is 15.7. The summed E-state index contributed by atoms with van der Waals surface area (Å²) in [7, 11) is 0. The summed E-state index contributed by atoms with van der Waals surface area (Å²) in [6.45, 7) is 0. The summed E-state index contributed by atoms with van der Waals surface area (Å²) in [4.78, 5) is 15.7. The number of anilines is 5. The van der Waals surface area contributed by atoms with Crippen LogP contribution in [0, 0.1) is 0 Å². The molecule has 0 spiro atoms. The lowest BCUT2D eigenvalue weighted by Crippen LogP contribution is -2.38. The van der Waals surface area contributed by atoms with Crippen molar-refractivity contribution in [1.82, 2.24) is 14.5 Å². The van der Waals surface area contributed by atoms with E-state index in [4.69, 9.17) is 9.97 Å². The highest BCUT2D eigenvalue weighted by Crippen LogP contribution is 2.52. The van der Waals surface area contributed by atoms with Crippen molar-refractivity contribution in [3.63, 3.8) is 0 Å². The van der Waals surface area contributed by atoms with Crippen molar-refractivity contribution in [2.75, 3.05) is 9.80 Å². The number of para-hydroxylation sites is 4. The molecule has 59 heavy (non-hydrogen) atoms. The molecule has 0 saturated heterocycles. The maximum atomic E-state index is 5.52. The first-order chi connectivity index (χ1) is 29.3. The molecule has 3 aliphatic rings. The highest BCUT2D eigenvalue weighted by molar-refractivity contribution is 6.20. The van der Waals surface area contributed by atoms with Crippen LogP contribution in [0.15, 0.2) is 188 Å². The molecule has 1 unspecified atom stereocenters. The fourth-order valence-electron chi connectivity index (χ4n) is 10.2. The van der Waals surface area contributed by atoms with Crippen LogP contribution in [0.1, 0.15) is 12.0 Å². The van der Waals surface area contributed by atoms with Crippen molar-refractivity contribution in [1.29, 1.82) is 0 Å². The first-order valence-corrected chi connectivity index (χ1v) is 20.4. The smallest absolute Gasteiger partial charge is 0.235 e. The molecule has 1 atom stereocenters. The number of benzene rings is 8. The van der Waals surface area contributed by atoms with E-state index in [9.17, 15) is 0 Å². The van der Waals surface area contributed by atoms with Gasteiger partial charge in [-0.3, -0.25) is 4.57 Å². The highest BCUT2D eigenvalue weighted by atomic mass is 15.2. The molecule has 2 aromatic heterocycles. The lowest BCUT2D eigenvalue weighted by atomic mass is 9.89. The van der Waals surface area contributed by atoms with Gasteiger partial charge in [0.05, 0.1) is 28.3 Å². The zero-order chi connectivity index (χ0) is 38.6. The second kappa shape index (κ2) is 12.4. The minimum Gasteiger partial charge on any atom is -0.333 e. The maximum absolute atomic E-state index is 5.52. The first-order valence-electron chi connectivity index (χ1n) is 20.4. The molecule has 0 bridgehead atoms. The normalized spacial score (nSPS) is 14.6. The largest absolute Gasteiger partial charge is 0.333 e. The molecule has 8 aromatic carbocycles. The van der Waals surface area contributed by atoms with E-state index in [1.54, 1.807) is 0 Å². The summed E-state index contributed by atoms with van der Waals surface area (Å²) in [5.74, 6) is 0.670. The van der Waals surface area contributed by atoms with Crippen molar-refractivity contribution in [3.8, 4) is 28.3 Å². The molecule has 13 rings (SSSR count). The Morgan fingerprint density at radius 3 is 1.97 bits per heavy atom. The van der Waals surface area contributed by atoms with Crippen LogP contribution in [0.2, 0.25) is 0 Å². The standard InChI is InChI=1S/C54H35N5/c1-4-14-36(15-5-1)57(37-16-6-2-7-17-37)39-30-26-35(27-31-39)53-42-20-10-11-23-43(42)55-54(56-53)59-45-25-13-22-41-40-21-12-24-44-49(40)51-46(58(44)38-18-8-3-9-19-38)32-28-34-29-33-47(59)52(48(34)51)50(41)45/h1-31,33,46H,32H2. The van der Waals surface area contributed by atoms with Gasteiger partial charge in [-0.2, -0.15) is 0 Å². The Bertz CT molecular complexity index is 3430. The van der Waals surface area contributed by atoms with E-state index in [-0.39, 0.29) is 6.04 Å². The van der Waals surface area contributed by atoms with E-state index in [0.29, 0.717) is 5.95 Å². The number of hydrogen-bond donors (Lipinski definition) is 0. The fourth-order valence-corrected chi connectivity index (χ4v) is 10.2. The monoisotopic (exact) mass is 753 g/mol. The van der Waals surface area contributed by atoms with Crippen molar-refractivity contribution in [2.45, 2.75) is 12.5 Å². The van der Waals surface area contributed by atoms with Gasteiger partial charge in [0.1, 0.15) is 0 Å². The first kappa shape index (κ1) is 32.3. The Morgan fingerprint density at radius 1 is 0.525 bits per heavy atom. The summed E-state index contributed by atoms with van der Waals surface area (Å²) in [6, 6.07) is 67.6. The van der Waals surface area contributed by atoms with Crippen LogP contribution < -0.4 is 20.2 Å². The summed E-state index contributed by atoms with van der Waals surface area (Å²) in [5.41, 5.74) is 16.2. The van der Waals surface area contributed by atoms with Crippen LogP contribution >= 0.6 is 0 Å². The molecule has 5 nitrogen and oxygen atoms in total. The average Bonchev–Trinajstić information content (AvgIpc) is 3.79. The predicted molar refractivity (Wildman–Crippen MR) is 243 cm³/mol. The summed E-state index contributed by atoms with van der Waals surface area (Å²) < 4.78 is 2.31. The minimum atomic E-state index is 0.200. The number of aromatic nitrogens is 3. The molecule has 0 amide bonds. The molecule has 5 heteroatoms. The van der Waals surface area contributed by atoms with Crippen molar-refractivity contribution in [3.05, 3.63) is 204 Å². The molecule has 0 fully saturated rings. The molecular weight excluding hydrogens is 719 g/mol. The van der Waals surface area contributed by atoms with Gasteiger partial charge in [0.2, 0.25) is 5.95 Å². The average molecular weight is 754 g/mol. The van der Waals surface area contributed by atoms with Crippen LogP contribution in [-0.4, -0.2) is 20.6 Å². The van der Waals surface area contributed by atoms with E-state index in [2.05, 4.69) is 209 Å². The van der Waals surface area contributed by atoms with Crippen LogP contribution in [0.3, 0.4) is 0 Å². The quantitative estimate of drug-likeness (QED) is 0.169. The van der Waals surface area contributed by atoms with E-state index in [1.165, 1.54) is 54.8 Å². The number of nitrogens with zero attached hydrogens (tertiary/aromatic N) is 5. The third kappa shape index (κ3) is 4.61. The van der Waals surface area contributed by atoms with Crippen molar-refractivity contribution < 1.29 is 0 Å². The lowest BCUT2D eigenvalue weighted by Gasteiger charge is -2.29. The van der Waals surface area contributed by atoms with E-state index in [0.717, 1.165) is 56.7 Å². The third-order valence-corrected chi connectivity index (χ3v) is 12.6. The molecule has 0 N–H and O–H groups in total. The maximum Gasteiger partial charge on any atom is 0.235 e. The zero-order valence-electron chi connectivity index (χ0n) is 32.0. The Kier molecular flexibility index (Phi) is 6.78. The van der Waals surface area contributed by atoms with Crippen molar-refractivity contribution >= 4 is 72.8 Å². The molecule has 3 heterocycles. The minimum absolute atomic E-state index is 0.200. The fraction of sp³-hybridized carbons (Fsp3) is 0.0370. The van der Waals surface area contributed by atoms with E-state index in [1.807, 2.05) is 0 Å². The number of rotatable bonds is 6. The van der Waals surface area contributed by atoms with Gasteiger partial charge in [-0.25, -0.2) is 9.97 Å². The number of fused-ring (bicyclic) bond motifs is 2. The number of hydrogen-bond acceptors (Lipinski definition) is 4.